The number of pyridine rings is 1. The molecular formula is C27H32F3N5OS. The second-order valence-corrected chi connectivity index (χ2v) is 9.72. The average Bonchev–Trinajstić information content (AvgIpc) is 2.86. The van der Waals surface area contributed by atoms with Gasteiger partial charge in [-0.25, -0.2) is 4.98 Å². The first kappa shape index (κ1) is 28.5. The summed E-state index contributed by atoms with van der Waals surface area (Å²) in [6, 6.07) is 6.94. The zero-order chi connectivity index (χ0) is 27.2. The Hall–Kier alpha value is -3.08. The van der Waals surface area contributed by atoms with Crippen LogP contribution in [0.15, 0.2) is 78.1 Å². The molecule has 37 heavy (non-hydrogen) atoms. The third-order valence-electron chi connectivity index (χ3n) is 6.02. The number of rotatable bonds is 8. The van der Waals surface area contributed by atoms with E-state index in [1.807, 2.05) is 19.1 Å². The molecule has 1 saturated heterocycles. The molecule has 3 rings (SSSR count). The predicted octanol–water partition coefficient (Wildman–Crippen LogP) is 5.52. The largest absolute Gasteiger partial charge is 0.439 e. The lowest BCUT2D eigenvalue weighted by Crippen LogP contribution is -2.43. The van der Waals surface area contributed by atoms with E-state index in [-0.39, 0.29) is 4.91 Å². The van der Waals surface area contributed by atoms with Gasteiger partial charge >= 0.3 is 6.18 Å². The number of nitrogens with zero attached hydrogens (tertiary/aromatic N) is 4. The summed E-state index contributed by atoms with van der Waals surface area (Å²) in [7, 11) is 3.20. The van der Waals surface area contributed by atoms with Crippen LogP contribution in [-0.2, 0) is 0 Å². The molecule has 0 bridgehead atoms. The number of hydrogen-bond acceptors (Lipinski definition) is 7. The number of aliphatic hydroxyl groups is 1. The van der Waals surface area contributed by atoms with E-state index in [9.17, 15) is 18.3 Å². The minimum atomic E-state index is -4.54. The first-order valence-electron chi connectivity index (χ1n) is 11.7. The number of aliphatic imine (C=N–C) groups is 1. The summed E-state index contributed by atoms with van der Waals surface area (Å²) in [6.45, 7) is 13.5. The Kier molecular flexibility index (Phi) is 9.58. The lowest BCUT2D eigenvalue weighted by molar-refractivity contribution is -0.0554. The van der Waals surface area contributed by atoms with Gasteiger partial charge in [-0.1, -0.05) is 49.2 Å². The van der Waals surface area contributed by atoms with Crippen LogP contribution in [0.2, 0.25) is 0 Å². The van der Waals surface area contributed by atoms with Crippen molar-refractivity contribution in [3.8, 4) is 0 Å². The number of alkyl halides is 3. The number of piperazine rings is 1. The summed E-state index contributed by atoms with van der Waals surface area (Å²) in [5.74, 6) is 0.423. The second kappa shape index (κ2) is 12.4. The minimum absolute atomic E-state index is 0.230. The number of benzene rings is 1. The van der Waals surface area contributed by atoms with Gasteiger partial charge in [-0.3, -0.25) is 4.99 Å². The Morgan fingerprint density at radius 3 is 2.49 bits per heavy atom. The van der Waals surface area contributed by atoms with Crippen molar-refractivity contribution in [2.45, 2.75) is 19.3 Å². The number of aliphatic hydroxyl groups excluding tert-OH is 1. The minimum Gasteiger partial charge on any atom is -0.369 e. The second-order valence-electron chi connectivity index (χ2n) is 8.63. The van der Waals surface area contributed by atoms with Crippen LogP contribution in [0.3, 0.4) is 0 Å². The molecule has 1 aliphatic rings. The summed E-state index contributed by atoms with van der Waals surface area (Å²) in [6.07, 6.45) is 1.61. The van der Waals surface area contributed by atoms with E-state index >= 15 is 0 Å². The molecule has 6 nitrogen and oxygen atoms in total. The van der Waals surface area contributed by atoms with Crippen molar-refractivity contribution in [2.75, 3.05) is 45.6 Å². The Labute approximate surface area is 220 Å². The van der Waals surface area contributed by atoms with Gasteiger partial charge in [-0.2, -0.15) is 13.2 Å². The van der Waals surface area contributed by atoms with Crippen molar-refractivity contribution in [3.63, 3.8) is 0 Å². The highest BCUT2D eigenvalue weighted by Gasteiger charge is 2.36. The van der Waals surface area contributed by atoms with Crippen molar-refractivity contribution >= 4 is 38.3 Å². The average molecular weight is 532 g/mol. The molecule has 1 atom stereocenters. The molecule has 0 saturated carbocycles. The van der Waals surface area contributed by atoms with E-state index in [1.165, 1.54) is 0 Å². The number of nitrogens with one attached hydrogen (secondary N) is 1. The Morgan fingerprint density at radius 1 is 1.16 bits per heavy atom. The van der Waals surface area contributed by atoms with Gasteiger partial charge < -0.3 is 20.2 Å². The number of halogens is 3. The smallest absolute Gasteiger partial charge is 0.369 e. The van der Waals surface area contributed by atoms with Crippen LogP contribution >= 0.6 is 11.8 Å². The van der Waals surface area contributed by atoms with Gasteiger partial charge in [-0.05, 0) is 48.7 Å². The third kappa shape index (κ3) is 7.70. The Morgan fingerprint density at radius 2 is 1.86 bits per heavy atom. The number of likely N-dealkylation sites (N-methyl/N-ethyl adjacent to an activating group) is 1. The fourth-order valence-corrected chi connectivity index (χ4v) is 4.44. The van der Waals surface area contributed by atoms with Crippen molar-refractivity contribution in [2.24, 2.45) is 4.99 Å². The van der Waals surface area contributed by atoms with Crippen LogP contribution in [0.5, 0.6) is 0 Å². The zero-order valence-corrected chi connectivity index (χ0v) is 22.0. The van der Waals surface area contributed by atoms with Gasteiger partial charge in [0.2, 0.25) is 0 Å². The summed E-state index contributed by atoms with van der Waals surface area (Å²) >= 11 is 0.484. The fourth-order valence-electron chi connectivity index (χ4n) is 3.76. The van der Waals surface area contributed by atoms with E-state index in [1.54, 1.807) is 36.5 Å². The molecule has 1 unspecified atom stereocenters. The van der Waals surface area contributed by atoms with Crippen LogP contribution in [0.25, 0.3) is 15.7 Å². The lowest BCUT2D eigenvalue weighted by Gasteiger charge is -2.34. The van der Waals surface area contributed by atoms with Gasteiger partial charge in [0.15, 0.2) is 11.3 Å². The van der Waals surface area contributed by atoms with Crippen molar-refractivity contribution in [1.82, 2.24) is 14.8 Å². The molecule has 198 valence electrons. The third-order valence-corrected chi connectivity index (χ3v) is 7.11. The molecule has 2 heterocycles. The monoisotopic (exact) mass is 531 g/mol. The fraction of sp³-hybridized carbons (Fsp3) is 0.333. The highest BCUT2D eigenvalue weighted by Crippen LogP contribution is 2.35. The van der Waals surface area contributed by atoms with Crippen molar-refractivity contribution in [3.05, 3.63) is 78.7 Å². The summed E-state index contributed by atoms with van der Waals surface area (Å²) < 4.78 is 39.2. The van der Waals surface area contributed by atoms with Gasteiger partial charge in [-0.15, -0.1) is 0 Å². The van der Waals surface area contributed by atoms with E-state index in [2.05, 4.69) is 45.3 Å². The normalized spacial score (nSPS) is 16.9. The van der Waals surface area contributed by atoms with Crippen molar-refractivity contribution < 1.29 is 18.3 Å². The maximum absolute atomic E-state index is 13.1. The van der Waals surface area contributed by atoms with Gasteiger partial charge in [0.25, 0.3) is 0 Å². The molecular weight excluding hydrogens is 499 g/mol. The molecule has 0 aliphatic carbocycles. The van der Waals surface area contributed by atoms with Gasteiger partial charge in [0, 0.05) is 55.4 Å². The predicted molar refractivity (Wildman–Crippen MR) is 149 cm³/mol. The first-order valence-corrected chi connectivity index (χ1v) is 12.6. The van der Waals surface area contributed by atoms with E-state index in [0.717, 1.165) is 49.7 Å². The summed E-state index contributed by atoms with van der Waals surface area (Å²) in [5, 5.41) is 14.4. The molecule has 1 aromatic heterocycles. The number of hydrogen-bond donors (Lipinski definition) is 2. The number of aromatic nitrogens is 1. The highest BCUT2D eigenvalue weighted by atomic mass is 32.2. The SMILES string of the molecule is C=C(S/C(=N\C)C(F)(F)F)c1ccc2cnc(NC(O)C(/C=C\C(=C)N3CCN(C)CC3)=C/C)cc2c1. The molecule has 1 fully saturated rings. The molecule has 2 aromatic rings. The van der Waals surface area contributed by atoms with Crippen LogP contribution in [0, 0.1) is 0 Å². The summed E-state index contributed by atoms with van der Waals surface area (Å²) in [5.41, 5.74) is 2.07. The first-order chi connectivity index (χ1) is 17.5. The quantitative estimate of drug-likeness (QED) is 0.202. The Bertz CT molecular complexity index is 1230. The molecule has 0 spiro atoms. The highest BCUT2D eigenvalue weighted by molar-refractivity contribution is 8.21. The molecule has 10 heteroatoms. The Balaban J connectivity index is 1.70. The maximum atomic E-state index is 13.1. The topological polar surface area (TPSA) is 64.0 Å². The van der Waals surface area contributed by atoms with E-state index < -0.39 is 17.4 Å². The van der Waals surface area contributed by atoms with Crippen LogP contribution < -0.4 is 5.32 Å². The van der Waals surface area contributed by atoms with E-state index in [0.29, 0.717) is 28.7 Å². The van der Waals surface area contributed by atoms with Crippen LogP contribution in [0.1, 0.15) is 12.5 Å². The zero-order valence-electron chi connectivity index (χ0n) is 21.2. The lowest BCUT2D eigenvalue weighted by atomic mass is 10.1. The number of thioether (sulfide) groups is 1. The number of fused-ring (bicyclic) bond motifs is 1. The number of anilines is 1. The summed E-state index contributed by atoms with van der Waals surface area (Å²) in [4.78, 5) is 12.4. The molecule has 1 aromatic carbocycles. The van der Waals surface area contributed by atoms with Crippen LogP contribution in [-0.4, -0.2) is 77.6 Å². The maximum Gasteiger partial charge on any atom is 0.439 e. The number of allylic oxidation sites excluding steroid dienone is 2. The van der Waals surface area contributed by atoms with E-state index in [4.69, 9.17) is 0 Å². The molecule has 0 radical (unpaired) electrons. The van der Waals surface area contributed by atoms with Gasteiger partial charge in [0.1, 0.15) is 5.82 Å². The molecule has 1 aliphatic heterocycles. The van der Waals surface area contributed by atoms with Crippen LogP contribution in [0.4, 0.5) is 19.0 Å². The standard InChI is InChI=1S/C27H32F3N5OS/c1-6-20(8-7-18(2)35-13-11-34(5)12-14-35)25(36)33-24-16-23-15-21(9-10-22(23)17-32-24)19(3)37-26(31-4)27(28,29)30/h6-10,15-17,25,36H,2-3,11-14H2,1,4-5H3,(H,32,33)/b8-7-,20-6+,31-26-. The molecule has 2 N–H and O–H groups in total. The molecule has 0 amide bonds. The van der Waals surface area contributed by atoms with Gasteiger partial charge in [0.05, 0.1) is 0 Å². The van der Waals surface area contributed by atoms with Crippen molar-refractivity contribution in [1.29, 1.82) is 0 Å².